The molecule has 2 aromatic heterocycles. The fraction of sp³-hybridized carbons (Fsp3) is 0.364. The highest BCUT2D eigenvalue weighted by molar-refractivity contribution is 6.29. The molecule has 84 valence electrons. The summed E-state index contributed by atoms with van der Waals surface area (Å²) in [4.78, 5) is 14.7. The van der Waals surface area contributed by atoms with Gasteiger partial charge >= 0.3 is 0 Å². The molecule has 2 radical (unpaired) electrons. The fourth-order valence-corrected chi connectivity index (χ4v) is 2.00. The molecule has 0 spiro atoms. The van der Waals surface area contributed by atoms with Gasteiger partial charge < -0.3 is 9.64 Å². The van der Waals surface area contributed by atoms with Crippen molar-refractivity contribution >= 4 is 30.3 Å². The van der Waals surface area contributed by atoms with E-state index < -0.39 is 0 Å². The maximum absolute atomic E-state index is 5.72. The average Bonchev–Trinajstić information content (AvgIpc) is 2.39. The zero-order valence-electron chi connectivity index (χ0n) is 9.33. The molecular formula is C11H11BN4O. The molecule has 3 rings (SSSR count). The van der Waals surface area contributed by atoms with E-state index in [2.05, 4.69) is 19.9 Å². The number of aromatic nitrogens is 3. The summed E-state index contributed by atoms with van der Waals surface area (Å²) in [5.74, 6) is 0.873. The first-order chi connectivity index (χ1) is 8.34. The Labute approximate surface area is 100 Å². The molecule has 1 saturated heterocycles. The van der Waals surface area contributed by atoms with Gasteiger partial charge in [0.2, 0.25) is 0 Å². The zero-order valence-corrected chi connectivity index (χ0v) is 9.33. The van der Waals surface area contributed by atoms with E-state index in [9.17, 15) is 0 Å². The predicted octanol–water partition coefficient (Wildman–Crippen LogP) is -0.345. The molecule has 1 aliphatic rings. The number of ether oxygens (including phenoxy) is 1. The van der Waals surface area contributed by atoms with E-state index in [0.717, 1.165) is 43.0 Å². The molecule has 0 bridgehead atoms. The van der Waals surface area contributed by atoms with E-state index in [1.165, 1.54) is 0 Å². The van der Waals surface area contributed by atoms with E-state index in [0.29, 0.717) is 0 Å². The number of fused-ring (bicyclic) bond motifs is 1. The molecule has 0 amide bonds. The first kappa shape index (κ1) is 10.5. The molecular weight excluding hydrogens is 215 g/mol. The van der Waals surface area contributed by atoms with E-state index in [1.54, 1.807) is 12.4 Å². The van der Waals surface area contributed by atoms with Crippen molar-refractivity contribution in [3.05, 3.63) is 18.5 Å². The molecule has 17 heavy (non-hydrogen) atoms. The summed E-state index contributed by atoms with van der Waals surface area (Å²) in [6.45, 7) is 3.09. The van der Waals surface area contributed by atoms with Crippen LogP contribution in [0.25, 0.3) is 10.9 Å². The molecule has 0 aromatic carbocycles. The van der Waals surface area contributed by atoms with Gasteiger partial charge in [-0.3, -0.25) is 4.98 Å². The highest BCUT2D eigenvalue weighted by atomic mass is 16.5. The SMILES string of the molecule is [B]c1nc(N2CCOCC2)c2ccncc2n1. The zero-order chi connectivity index (χ0) is 11.7. The van der Waals surface area contributed by atoms with Crippen LogP contribution < -0.4 is 10.6 Å². The first-order valence-electron chi connectivity index (χ1n) is 5.54. The number of nitrogens with zero attached hydrogens (tertiary/aromatic N) is 4. The lowest BCUT2D eigenvalue weighted by Gasteiger charge is -2.28. The monoisotopic (exact) mass is 226 g/mol. The molecule has 3 heterocycles. The number of hydrogen-bond acceptors (Lipinski definition) is 5. The minimum Gasteiger partial charge on any atom is -0.378 e. The largest absolute Gasteiger partial charge is 0.378 e. The summed E-state index contributed by atoms with van der Waals surface area (Å²) >= 11 is 0. The maximum Gasteiger partial charge on any atom is 0.170 e. The third-order valence-electron chi connectivity index (χ3n) is 2.81. The average molecular weight is 226 g/mol. The Kier molecular flexibility index (Phi) is 2.64. The van der Waals surface area contributed by atoms with Crippen molar-refractivity contribution in [3.63, 3.8) is 0 Å². The molecule has 0 saturated carbocycles. The Hall–Kier alpha value is -1.69. The van der Waals surface area contributed by atoms with E-state index in [1.807, 2.05) is 6.07 Å². The number of pyridine rings is 1. The summed E-state index contributed by atoms with van der Waals surface area (Å²) in [6.07, 6.45) is 3.45. The van der Waals surface area contributed by atoms with Crippen LogP contribution in [0.1, 0.15) is 0 Å². The molecule has 1 fully saturated rings. The van der Waals surface area contributed by atoms with Gasteiger partial charge in [0.25, 0.3) is 0 Å². The molecule has 0 N–H and O–H groups in total. The lowest BCUT2D eigenvalue weighted by molar-refractivity contribution is 0.122. The van der Waals surface area contributed by atoms with Crippen LogP contribution in [0.4, 0.5) is 5.82 Å². The van der Waals surface area contributed by atoms with Crippen LogP contribution in [-0.2, 0) is 4.74 Å². The van der Waals surface area contributed by atoms with Crippen LogP contribution >= 0.6 is 0 Å². The molecule has 0 atom stereocenters. The van der Waals surface area contributed by atoms with Crippen molar-refractivity contribution in [2.75, 3.05) is 31.2 Å². The molecule has 0 aliphatic carbocycles. The van der Waals surface area contributed by atoms with Gasteiger partial charge in [-0.15, -0.1) is 0 Å². The smallest absolute Gasteiger partial charge is 0.170 e. The third kappa shape index (κ3) is 1.96. The van der Waals surface area contributed by atoms with Gasteiger partial charge in [0.15, 0.2) is 7.85 Å². The molecule has 2 aromatic rings. The predicted molar refractivity (Wildman–Crippen MR) is 65.8 cm³/mol. The number of hydrogen-bond donors (Lipinski definition) is 0. The molecule has 6 heteroatoms. The van der Waals surface area contributed by atoms with Crippen molar-refractivity contribution in [2.45, 2.75) is 0 Å². The van der Waals surface area contributed by atoms with Crippen LogP contribution in [0.5, 0.6) is 0 Å². The Morgan fingerprint density at radius 1 is 1.24 bits per heavy atom. The number of morpholine rings is 1. The Morgan fingerprint density at radius 3 is 2.88 bits per heavy atom. The van der Waals surface area contributed by atoms with Crippen molar-refractivity contribution in [2.24, 2.45) is 0 Å². The topological polar surface area (TPSA) is 51.1 Å². The van der Waals surface area contributed by atoms with Crippen LogP contribution in [0, 0.1) is 0 Å². The van der Waals surface area contributed by atoms with E-state index in [-0.39, 0.29) is 5.72 Å². The van der Waals surface area contributed by atoms with Gasteiger partial charge in [0.05, 0.1) is 30.7 Å². The molecule has 1 aliphatic heterocycles. The maximum atomic E-state index is 5.72. The highest BCUT2D eigenvalue weighted by Gasteiger charge is 2.16. The van der Waals surface area contributed by atoms with Crippen molar-refractivity contribution < 1.29 is 4.74 Å². The van der Waals surface area contributed by atoms with E-state index >= 15 is 0 Å². The van der Waals surface area contributed by atoms with Crippen LogP contribution in [-0.4, -0.2) is 49.1 Å². The highest BCUT2D eigenvalue weighted by Crippen LogP contribution is 2.21. The Bertz CT molecular complexity index is 542. The van der Waals surface area contributed by atoms with Gasteiger partial charge in [-0.1, -0.05) is 0 Å². The standard InChI is InChI=1S/C11H11BN4O/c12-11-14-9-7-13-2-1-8(9)10(15-11)16-3-5-17-6-4-16/h1-2,7H,3-6H2. The molecule has 0 unspecified atom stereocenters. The third-order valence-corrected chi connectivity index (χ3v) is 2.81. The van der Waals surface area contributed by atoms with Crippen molar-refractivity contribution in [1.82, 2.24) is 15.0 Å². The van der Waals surface area contributed by atoms with Crippen LogP contribution in [0.15, 0.2) is 18.5 Å². The minimum atomic E-state index is 0.284. The second kappa shape index (κ2) is 4.29. The fourth-order valence-electron chi connectivity index (χ4n) is 2.00. The lowest BCUT2D eigenvalue weighted by atomic mass is 10.1. The summed E-state index contributed by atoms with van der Waals surface area (Å²) < 4.78 is 5.33. The van der Waals surface area contributed by atoms with Crippen molar-refractivity contribution in [3.8, 4) is 0 Å². The second-order valence-corrected chi connectivity index (χ2v) is 3.90. The van der Waals surface area contributed by atoms with Crippen LogP contribution in [0.2, 0.25) is 0 Å². The minimum absolute atomic E-state index is 0.284. The lowest BCUT2D eigenvalue weighted by Crippen LogP contribution is -2.38. The normalized spacial score (nSPS) is 16.4. The van der Waals surface area contributed by atoms with Gasteiger partial charge in [-0.2, -0.15) is 0 Å². The molecule has 5 nitrogen and oxygen atoms in total. The Balaban J connectivity index is 2.13. The van der Waals surface area contributed by atoms with Gasteiger partial charge in [0, 0.05) is 24.7 Å². The van der Waals surface area contributed by atoms with E-state index in [4.69, 9.17) is 12.6 Å². The second-order valence-electron chi connectivity index (χ2n) is 3.90. The van der Waals surface area contributed by atoms with Gasteiger partial charge in [-0.25, -0.2) is 9.97 Å². The number of rotatable bonds is 1. The van der Waals surface area contributed by atoms with Crippen molar-refractivity contribution in [1.29, 1.82) is 0 Å². The first-order valence-corrected chi connectivity index (χ1v) is 5.54. The summed E-state index contributed by atoms with van der Waals surface area (Å²) in [5, 5.41) is 0.983. The van der Waals surface area contributed by atoms with Gasteiger partial charge in [0.1, 0.15) is 5.82 Å². The summed E-state index contributed by atoms with van der Waals surface area (Å²) in [7, 11) is 5.72. The number of anilines is 1. The van der Waals surface area contributed by atoms with Crippen LogP contribution in [0.3, 0.4) is 0 Å². The summed E-state index contributed by atoms with van der Waals surface area (Å²) in [5.41, 5.74) is 1.06. The summed E-state index contributed by atoms with van der Waals surface area (Å²) in [6, 6.07) is 1.92. The quantitative estimate of drug-likeness (QED) is 0.622. The van der Waals surface area contributed by atoms with Gasteiger partial charge in [-0.05, 0) is 6.07 Å². The Morgan fingerprint density at radius 2 is 2.06 bits per heavy atom.